The molecule has 0 bridgehead atoms. The molecule has 0 saturated carbocycles. The summed E-state index contributed by atoms with van der Waals surface area (Å²) >= 11 is 4.80. The van der Waals surface area contributed by atoms with Crippen molar-refractivity contribution in [3.05, 3.63) is 69.6 Å². The Balaban J connectivity index is 1.93. The number of halogens is 2. The Morgan fingerprint density at radius 2 is 1.65 bits per heavy atom. The predicted octanol–water partition coefficient (Wildman–Crippen LogP) is 6.55. The van der Waals surface area contributed by atoms with Gasteiger partial charge in [0.2, 0.25) is 0 Å². The van der Waals surface area contributed by atoms with Gasteiger partial charge in [0.1, 0.15) is 5.82 Å². The fourth-order valence-electron chi connectivity index (χ4n) is 3.76. The minimum atomic E-state index is 1.02. The van der Waals surface area contributed by atoms with E-state index >= 15 is 0 Å². The summed E-state index contributed by atoms with van der Waals surface area (Å²) in [6.45, 7) is 4.26. The van der Waals surface area contributed by atoms with Crippen molar-refractivity contribution in [2.45, 2.75) is 13.8 Å². The smallest absolute Gasteiger partial charge is 0.111 e. The molecule has 0 unspecified atom stereocenters. The van der Waals surface area contributed by atoms with Crippen LogP contribution in [-0.4, -0.2) is 12.3 Å². The summed E-state index contributed by atoms with van der Waals surface area (Å²) in [6, 6.07) is 19.5. The highest BCUT2D eigenvalue weighted by Gasteiger charge is 2.16. The topological polar surface area (TPSA) is 22.8 Å². The van der Waals surface area contributed by atoms with Crippen molar-refractivity contribution in [1.82, 2.24) is 12.3 Å². The molecule has 5 rings (SSSR count). The van der Waals surface area contributed by atoms with E-state index in [4.69, 9.17) is 4.98 Å². The van der Waals surface area contributed by atoms with Gasteiger partial charge in [0.15, 0.2) is 0 Å². The number of nitrogens with zero attached hydrogens (tertiary/aromatic N) is 3. The van der Waals surface area contributed by atoms with E-state index in [0.29, 0.717) is 0 Å². The summed E-state index contributed by atoms with van der Waals surface area (Å²) in [7, 11) is 0. The molecule has 5 heteroatoms. The third-order valence-corrected chi connectivity index (χ3v) is 7.25. The second-order valence-corrected chi connectivity index (χ2v) is 8.66. The minimum absolute atomic E-state index is 1.02. The summed E-state index contributed by atoms with van der Waals surface area (Å²) in [4.78, 5) is 4.88. The first-order valence-electron chi connectivity index (χ1n) is 8.40. The number of para-hydroxylation sites is 1. The molecule has 0 N–H and O–H groups in total. The maximum Gasteiger partial charge on any atom is 0.111 e. The van der Waals surface area contributed by atoms with Crippen LogP contribution in [0.15, 0.2) is 54.6 Å². The first kappa shape index (κ1) is 16.6. The molecule has 2 heterocycles. The Bertz CT molecular complexity index is 1330. The number of hydrogen-bond donors (Lipinski definition) is 0. The average molecular weight is 563 g/mol. The fourth-order valence-corrected chi connectivity index (χ4v) is 5.06. The molecular weight excluding hydrogens is 548 g/mol. The number of imidazole rings is 1. The van der Waals surface area contributed by atoms with E-state index in [1.54, 1.807) is 0 Å². The minimum Gasteiger partial charge on any atom is -0.296 e. The molecule has 0 saturated heterocycles. The number of fused-ring (bicyclic) bond motifs is 4. The Kier molecular flexibility index (Phi) is 3.79. The third-order valence-electron chi connectivity index (χ3n) is 5.04. The highest BCUT2D eigenvalue weighted by atomic mass is 127. The van der Waals surface area contributed by atoms with Gasteiger partial charge >= 0.3 is 0 Å². The van der Waals surface area contributed by atoms with Crippen LogP contribution in [0.25, 0.3) is 38.5 Å². The van der Waals surface area contributed by atoms with Gasteiger partial charge in [-0.25, -0.2) is 4.98 Å². The van der Waals surface area contributed by atoms with Crippen molar-refractivity contribution in [3.8, 4) is 5.69 Å². The van der Waals surface area contributed by atoms with Crippen LogP contribution in [0.4, 0.5) is 0 Å². The summed E-state index contributed by atoms with van der Waals surface area (Å²) in [5.41, 5.74) is 7.15. The number of benzene rings is 3. The van der Waals surface area contributed by atoms with E-state index in [1.165, 1.54) is 36.6 Å². The molecule has 0 amide bonds. The monoisotopic (exact) mass is 563 g/mol. The van der Waals surface area contributed by atoms with Gasteiger partial charge < -0.3 is 0 Å². The third kappa shape index (κ3) is 2.26. The molecule has 0 spiro atoms. The lowest BCUT2D eigenvalue weighted by molar-refractivity contribution is 0.988. The van der Waals surface area contributed by atoms with E-state index in [-0.39, 0.29) is 0 Å². The van der Waals surface area contributed by atoms with Gasteiger partial charge in [-0.15, -0.1) is 0 Å². The molecule has 5 aromatic rings. The van der Waals surface area contributed by atoms with Crippen molar-refractivity contribution in [3.63, 3.8) is 0 Å². The van der Waals surface area contributed by atoms with Gasteiger partial charge in [-0.1, -0.05) is 24.3 Å². The van der Waals surface area contributed by atoms with Gasteiger partial charge in [-0.3, -0.25) is 7.35 Å². The molecule has 0 aliphatic heterocycles. The van der Waals surface area contributed by atoms with Gasteiger partial charge in [0.25, 0.3) is 0 Å². The normalized spacial score (nSPS) is 11.8. The lowest BCUT2D eigenvalue weighted by Gasteiger charge is -2.12. The SMILES string of the molecule is Cc1c(I)cccc1-n1c(C)nc2cc3c4ccccc4n(I)c3cc21. The van der Waals surface area contributed by atoms with Crippen LogP contribution in [0.3, 0.4) is 0 Å². The molecule has 0 fully saturated rings. The predicted molar refractivity (Wildman–Crippen MR) is 126 cm³/mol. The van der Waals surface area contributed by atoms with Gasteiger partial charge in [-0.05, 0) is 72.3 Å². The van der Waals surface area contributed by atoms with Crippen molar-refractivity contribution in [2.24, 2.45) is 0 Å². The summed E-state index contributed by atoms with van der Waals surface area (Å²) in [6.07, 6.45) is 0. The Hall–Kier alpha value is -1.61. The zero-order valence-corrected chi connectivity index (χ0v) is 18.6. The molecule has 128 valence electrons. The molecule has 3 aromatic carbocycles. The standard InChI is InChI=1S/C21H15I2N3/c1-12-16(22)7-5-9-18(12)25-13(2)24-17-10-15-14-6-3-4-8-19(14)26(23)20(15)11-21(17)25/h3-11H,1-2H3. The van der Waals surface area contributed by atoms with Crippen LogP contribution in [-0.2, 0) is 0 Å². The van der Waals surface area contributed by atoms with Crippen molar-refractivity contribution >= 4 is 78.3 Å². The lowest BCUT2D eigenvalue weighted by Crippen LogP contribution is -2.00. The molecular formula is C21H15I2N3. The summed E-state index contributed by atoms with van der Waals surface area (Å²) < 4.78 is 5.79. The number of hydrogen-bond acceptors (Lipinski definition) is 1. The number of aryl methyl sites for hydroxylation is 1. The van der Waals surface area contributed by atoms with E-state index < -0.39 is 0 Å². The van der Waals surface area contributed by atoms with Crippen LogP contribution in [0.2, 0.25) is 0 Å². The molecule has 3 nitrogen and oxygen atoms in total. The molecule has 0 aliphatic rings. The molecule has 0 atom stereocenters. The number of rotatable bonds is 1. The highest BCUT2D eigenvalue weighted by Crippen LogP contribution is 2.35. The largest absolute Gasteiger partial charge is 0.296 e. The first-order chi connectivity index (χ1) is 12.6. The van der Waals surface area contributed by atoms with Crippen LogP contribution in [0.5, 0.6) is 0 Å². The van der Waals surface area contributed by atoms with Crippen molar-refractivity contribution in [1.29, 1.82) is 0 Å². The van der Waals surface area contributed by atoms with Crippen LogP contribution < -0.4 is 0 Å². The van der Waals surface area contributed by atoms with E-state index in [1.807, 2.05) is 0 Å². The quantitative estimate of drug-likeness (QED) is 0.212. The Morgan fingerprint density at radius 1 is 0.846 bits per heavy atom. The van der Waals surface area contributed by atoms with Crippen molar-refractivity contribution < 1.29 is 0 Å². The van der Waals surface area contributed by atoms with Crippen LogP contribution >= 0.6 is 45.5 Å². The molecule has 2 aromatic heterocycles. The Labute approximate surface area is 178 Å². The van der Waals surface area contributed by atoms with Gasteiger partial charge in [0, 0.05) is 14.3 Å². The highest BCUT2D eigenvalue weighted by molar-refractivity contribution is 14.1. The second-order valence-electron chi connectivity index (χ2n) is 6.53. The van der Waals surface area contributed by atoms with E-state index in [0.717, 1.165) is 16.9 Å². The fraction of sp³-hybridized carbons (Fsp3) is 0.0952. The average Bonchev–Trinajstić information content (AvgIpc) is 3.10. The van der Waals surface area contributed by atoms with Gasteiger partial charge in [-0.2, -0.15) is 0 Å². The van der Waals surface area contributed by atoms with E-state index in [2.05, 4.69) is 121 Å². The second kappa shape index (κ2) is 5.95. The molecule has 26 heavy (non-hydrogen) atoms. The first-order valence-corrected chi connectivity index (χ1v) is 10.4. The lowest BCUT2D eigenvalue weighted by atomic mass is 10.1. The summed E-state index contributed by atoms with van der Waals surface area (Å²) in [5.74, 6) is 1.02. The Morgan fingerprint density at radius 3 is 2.50 bits per heavy atom. The zero-order chi connectivity index (χ0) is 18.0. The summed E-state index contributed by atoms with van der Waals surface area (Å²) in [5, 5.41) is 2.53. The molecule has 0 aliphatic carbocycles. The van der Waals surface area contributed by atoms with Crippen molar-refractivity contribution in [2.75, 3.05) is 0 Å². The zero-order valence-electron chi connectivity index (χ0n) is 14.3. The van der Waals surface area contributed by atoms with Crippen LogP contribution in [0, 0.1) is 17.4 Å². The van der Waals surface area contributed by atoms with Gasteiger partial charge in [0.05, 0.1) is 50.6 Å². The van der Waals surface area contributed by atoms with E-state index in [9.17, 15) is 0 Å². The number of aromatic nitrogens is 3. The maximum absolute atomic E-state index is 4.88. The molecule has 0 radical (unpaired) electrons. The van der Waals surface area contributed by atoms with Crippen LogP contribution in [0.1, 0.15) is 11.4 Å². The maximum atomic E-state index is 4.88.